The van der Waals surface area contributed by atoms with Gasteiger partial charge in [-0.3, -0.25) is 4.90 Å². The molecule has 20 heavy (non-hydrogen) atoms. The van der Waals surface area contributed by atoms with Crippen LogP contribution in [0, 0.1) is 0 Å². The van der Waals surface area contributed by atoms with Crippen LogP contribution in [0.15, 0.2) is 24.3 Å². The fraction of sp³-hybridized carbons (Fsp3) is 0.625. The fourth-order valence-corrected chi connectivity index (χ4v) is 2.69. The number of piperazine rings is 1. The Kier molecular flexibility index (Phi) is 5.02. The molecule has 1 aliphatic heterocycles. The van der Waals surface area contributed by atoms with Crippen molar-refractivity contribution in [3.05, 3.63) is 29.8 Å². The maximum absolute atomic E-state index is 9.84. The van der Waals surface area contributed by atoms with Crippen molar-refractivity contribution < 1.29 is 5.11 Å². The summed E-state index contributed by atoms with van der Waals surface area (Å²) in [6, 6.07) is 8.16. The van der Waals surface area contributed by atoms with Crippen LogP contribution in [0.25, 0.3) is 0 Å². The number of hydrogen-bond donors (Lipinski definition) is 2. The Morgan fingerprint density at radius 1 is 1.05 bits per heavy atom. The van der Waals surface area contributed by atoms with Crippen LogP contribution in [-0.2, 0) is 6.42 Å². The lowest BCUT2D eigenvalue weighted by Crippen LogP contribution is -2.50. The minimum Gasteiger partial charge on any atom is -0.399 e. The maximum atomic E-state index is 9.84. The molecule has 0 radical (unpaired) electrons. The molecule has 0 atom stereocenters. The summed E-state index contributed by atoms with van der Waals surface area (Å²) in [5, 5.41) is 9.84. The highest BCUT2D eigenvalue weighted by Crippen LogP contribution is 2.10. The Bertz CT molecular complexity index is 403. The van der Waals surface area contributed by atoms with Gasteiger partial charge in [0.1, 0.15) is 0 Å². The summed E-state index contributed by atoms with van der Waals surface area (Å²) in [4.78, 5) is 4.84. The third-order valence-corrected chi connectivity index (χ3v) is 3.77. The Hall–Kier alpha value is -1.10. The molecule has 0 amide bonds. The third-order valence-electron chi connectivity index (χ3n) is 3.77. The molecule has 1 aliphatic rings. The highest BCUT2D eigenvalue weighted by molar-refractivity contribution is 5.39. The van der Waals surface area contributed by atoms with Gasteiger partial charge in [-0.1, -0.05) is 12.1 Å². The molecule has 112 valence electrons. The molecule has 4 heteroatoms. The van der Waals surface area contributed by atoms with Crippen molar-refractivity contribution in [1.82, 2.24) is 9.80 Å². The second-order valence-corrected chi connectivity index (χ2v) is 6.42. The lowest BCUT2D eigenvalue weighted by molar-refractivity contribution is 0.0180. The normalized spacial score (nSPS) is 18.4. The first-order chi connectivity index (χ1) is 9.42. The largest absolute Gasteiger partial charge is 0.399 e. The Labute approximate surface area is 122 Å². The standard InChI is InChI=1S/C16H27N3O/c1-16(2,20)13-19-11-9-18(10-12-19)8-7-14-3-5-15(17)6-4-14/h3-6,20H,7-13,17H2,1-2H3. The van der Waals surface area contributed by atoms with E-state index in [2.05, 4.69) is 21.9 Å². The van der Waals surface area contributed by atoms with Gasteiger partial charge < -0.3 is 15.7 Å². The molecule has 4 nitrogen and oxygen atoms in total. The van der Waals surface area contributed by atoms with Crippen LogP contribution in [-0.4, -0.2) is 59.8 Å². The molecule has 0 spiro atoms. The van der Waals surface area contributed by atoms with Crippen LogP contribution in [0.2, 0.25) is 0 Å². The first-order valence-electron chi connectivity index (χ1n) is 7.44. The van der Waals surface area contributed by atoms with E-state index < -0.39 is 5.60 Å². The van der Waals surface area contributed by atoms with Gasteiger partial charge in [0.15, 0.2) is 0 Å². The summed E-state index contributed by atoms with van der Waals surface area (Å²) >= 11 is 0. The molecule has 0 aliphatic carbocycles. The van der Waals surface area contributed by atoms with Gasteiger partial charge in [0, 0.05) is 45.0 Å². The number of rotatable bonds is 5. The highest BCUT2D eigenvalue weighted by Gasteiger charge is 2.22. The van der Waals surface area contributed by atoms with Crippen molar-refractivity contribution in [2.45, 2.75) is 25.9 Å². The van der Waals surface area contributed by atoms with Crippen LogP contribution in [0.1, 0.15) is 19.4 Å². The van der Waals surface area contributed by atoms with E-state index in [4.69, 9.17) is 5.73 Å². The van der Waals surface area contributed by atoms with Crippen molar-refractivity contribution in [1.29, 1.82) is 0 Å². The van der Waals surface area contributed by atoms with Crippen molar-refractivity contribution in [3.63, 3.8) is 0 Å². The van der Waals surface area contributed by atoms with E-state index >= 15 is 0 Å². The van der Waals surface area contributed by atoms with Crippen molar-refractivity contribution in [3.8, 4) is 0 Å². The number of nitrogen functional groups attached to an aromatic ring is 1. The van der Waals surface area contributed by atoms with Gasteiger partial charge in [-0.15, -0.1) is 0 Å². The fourth-order valence-electron chi connectivity index (χ4n) is 2.69. The summed E-state index contributed by atoms with van der Waals surface area (Å²) in [7, 11) is 0. The Morgan fingerprint density at radius 3 is 2.15 bits per heavy atom. The van der Waals surface area contributed by atoms with Crippen LogP contribution >= 0.6 is 0 Å². The average molecular weight is 277 g/mol. The first kappa shape index (κ1) is 15.3. The summed E-state index contributed by atoms with van der Waals surface area (Å²) in [5.74, 6) is 0. The van der Waals surface area contributed by atoms with E-state index in [-0.39, 0.29) is 0 Å². The Morgan fingerprint density at radius 2 is 1.60 bits per heavy atom. The molecule has 3 N–H and O–H groups in total. The van der Waals surface area contributed by atoms with Crippen molar-refractivity contribution in [2.75, 3.05) is 45.0 Å². The molecule has 1 fully saturated rings. The van der Waals surface area contributed by atoms with Gasteiger partial charge in [0.2, 0.25) is 0 Å². The van der Waals surface area contributed by atoms with Gasteiger partial charge in [-0.2, -0.15) is 0 Å². The molecule has 0 unspecified atom stereocenters. The number of anilines is 1. The molecule has 1 heterocycles. The zero-order valence-corrected chi connectivity index (χ0v) is 12.7. The van der Waals surface area contributed by atoms with E-state index in [9.17, 15) is 5.11 Å². The summed E-state index contributed by atoms with van der Waals surface area (Å²) in [5.41, 5.74) is 7.28. The molecule has 1 aromatic rings. The van der Waals surface area contributed by atoms with E-state index in [0.717, 1.165) is 51.4 Å². The van der Waals surface area contributed by atoms with E-state index in [0.29, 0.717) is 0 Å². The smallest absolute Gasteiger partial charge is 0.0718 e. The number of nitrogens with zero attached hydrogens (tertiary/aromatic N) is 2. The van der Waals surface area contributed by atoms with Crippen molar-refractivity contribution in [2.24, 2.45) is 0 Å². The van der Waals surface area contributed by atoms with Gasteiger partial charge >= 0.3 is 0 Å². The molecular weight excluding hydrogens is 250 g/mol. The van der Waals surface area contributed by atoms with Crippen molar-refractivity contribution >= 4 is 5.69 Å². The minimum atomic E-state index is -0.591. The molecule has 1 aromatic carbocycles. The second kappa shape index (κ2) is 6.57. The molecule has 0 aromatic heterocycles. The van der Waals surface area contributed by atoms with Crippen LogP contribution < -0.4 is 5.73 Å². The maximum Gasteiger partial charge on any atom is 0.0718 e. The summed E-state index contributed by atoms with van der Waals surface area (Å²) in [6.45, 7) is 9.88. The number of benzene rings is 1. The van der Waals surface area contributed by atoms with E-state index in [1.165, 1.54) is 5.56 Å². The van der Waals surface area contributed by atoms with Gasteiger partial charge in [-0.05, 0) is 38.0 Å². The number of nitrogens with two attached hydrogens (primary N) is 1. The van der Waals surface area contributed by atoms with Crippen LogP contribution in [0.3, 0.4) is 0 Å². The van der Waals surface area contributed by atoms with E-state index in [1.54, 1.807) is 0 Å². The Balaban J connectivity index is 1.70. The topological polar surface area (TPSA) is 52.7 Å². The number of hydrogen-bond acceptors (Lipinski definition) is 4. The van der Waals surface area contributed by atoms with Gasteiger partial charge in [0.05, 0.1) is 5.60 Å². The molecular formula is C16H27N3O. The van der Waals surface area contributed by atoms with Crippen LogP contribution in [0.5, 0.6) is 0 Å². The van der Waals surface area contributed by atoms with E-state index in [1.807, 2.05) is 26.0 Å². The minimum absolute atomic E-state index is 0.591. The molecule has 0 bridgehead atoms. The molecule has 2 rings (SSSR count). The third kappa shape index (κ3) is 5.12. The highest BCUT2D eigenvalue weighted by atomic mass is 16.3. The summed E-state index contributed by atoms with van der Waals surface area (Å²) < 4.78 is 0. The van der Waals surface area contributed by atoms with Gasteiger partial charge in [-0.25, -0.2) is 0 Å². The second-order valence-electron chi connectivity index (χ2n) is 6.42. The van der Waals surface area contributed by atoms with Gasteiger partial charge in [0.25, 0.3) is 0 Å². The predicted octanol–water partition coefficient (Wildman–Crippen LogP) is 1.20. The zero-order chi connectivity index (χ0) is 14.6. The monoisotopic (exact) mass is 277 g/mol. The summed E-state index contributed by atoms with van der Waals surface area (Å²) in [6.07, 6.45) is 1.08. The quantitative estimate of drug-likeness (QED) is 0.794. The zero-order valence-electron chi connectivity index (χ0n) is 12.7. The molecule has 0 saturated carbocycles. The average Bonchev–Trinajstić information content (AvgIpc) is 2.38. The lowest BCUT2D eigenvalue weighted by atomic mass is 10.1. The lowest BCUT2D eigenvalue weighted by Gasteiger charge is -2.37. The van der Waals surface area contributed by atoms with Crippen LogP contribution in [0.4, 0.5) is 5.69 Å². The predicted molar refractivity (Wildman–Crippen MR) is 83.7 cm³/mol. The molecule has 1 saturated heterocycles. The SMILES string of the molecule is CC(C)(O)CN1CCN(CCc2ccc(N)cc2)CC1. The number of β-amino-alcohol motifs (C(OH)–C–C–N with tert-alkyl or cyclic N) is 1. The number of aliphatic hydroxyl groups is 1. The first-order valence-corrected chi connectivity index (χ1v) is 7.44.